The van der Waals surface area contributed by atoms with Crippen molar-refractivity contribution in [2.75, 3.05) is 6.54 Å². The number of hydrogen-bond donors (Lipinski definition) is 2. The van der Waals surface area contributed by atoms with Crippen LogP contribution in [0.25, 0.3) is 0 Å². The molecule has 0 saturated heterocycles. The first-order valence-electron chi connectivity index (χ1n) is 6.13. The van der Waals surface area contributed by atoms with Crippen LogP contribution in [0.3, 0.4) is 0 Å². The Kier molecular flexibility index (Phi) is 4.08. The van der Waals surface area contributed by atoms with E-state index in [1.807, 2.05) is 0 Å². The summed E-state index contributed by atoms with van der Waals surface area (Å²) >= 11 is 0. The summed E-state index contributed by atoms with van der Waals surface area (Å²) in [6, 6.07) is 0. The lowest BCUT2D eigenvalue weighted by atomic mass is 10.2. The number of hydrogen-bond acceptors (Lipinski definition) is 4. The van der Waals surface area contributed by atoms with E-state index < -0.39 is 0 Å². The number of amides is 1. The van der Waals surface area contributed by atoms with Crippen molar-refractivity contribution in [3.63, 3.8) is 0 Å². The molecule has 1 saturated carbocycles. The van der Waals surface area contributed by atoms with Gasteiger partial charge in [0, 0.05) is 13.1 Å². The van der Waals surface area contributed by atoms with E-state index >= 15 is 0 Å². The third-order valence-corrected chi connectivity index (χ3v) is 2.91. The Labute approximate surface area is 101 Å². The van der Waals surface area contributed by atoms with Gasteiger partial charge in [0.1, 0.15) is 6.54 Å². The summed E-state index contributed by atoms with van der Waals surface area (Å²) in [7, 11) is 0. The maximum atomic E-state index is 11.5. The molecule has 0 aliphatic heterocycles. The highest BCUT2D eigenvalue weighted by molar-refractivity contribution is 5.75. The summed E-state index contributed by atoms with van der Waals surface area (Å²) in [5, 5.41) is 10.5. The Hall–Kier alpha value is -1.43. The van der Waals surface area contributed by atoms with Crippen molar-refractivity contribution in [3.05, 3.63) is 11.9 Å². The quantitative estimate of drug-likeness (QED) is 0.656. The van der Waals surface area contributed by atoms with Crippen LogP contribution in [0.15, 0.2) is 6.20 Å². The molecule has 6 heteroatoms. The number of carbonyl (C=O) groups excluding carboxylic acids is 1. The molecule has 1 amide bonds. The molecule has 1 heterocycles. The first-order valence-corrected chi connectivity index (χ1v) is 6.13. The molecule has 0 spiro atoms. The average molecular weight is 237 g/mol. The molecule has 3 N–H and O–H groups in total. The van der Waals surface area contributed by atoms with Crippen molar-refractivity contribution >= 4 is 5.91 Å². The average Bonchev–Trinajstić information content (AvgIpc) is 3.04. The molecule has 0 radical (unpaired) electrons. The van der Waals surface area contributed by atoms with Gasteiger partial charge in [0.2, 0.25) is 5.91 Å². The summed E-state index contributed by atoms with van der Waals surface area (Å²) in [6.45, 7) is 1.33. The fourth-order valence-electron chi connectivity index (χ4n) is 1.74. The molecular weight excluding hydrogens is 218 g/mol. The standard InChI is InChI=1S/C11H19N5O/c12-6-10-7-16(15-14-10)8-11(17)13-5-1-2-9-3-4-9/h7,9H,1-6,8,12H2,(H,13,17). The molecular formula is C11H19N5O. The molecule has 0 bridgehead atoms. The van der Waals surface area contributed by atoms with Gasteiger partial charge in [-0.3, -0.25) is 4.79 Å². The van der Waals surface area contributed by atoms with Crippen LogP contribution in [0.5, 0.6) is 0 Å². The monoisotopic (exact) mass is 237 g/mol. The van der Waals surface area contributed by atoms with Crippen LogP contribution in [0.2, 0.25) is 0 Å². The Bertz CT molecular complexity index is 372. The van der Waals surface area contributed by atoms with E-state index in [-0.39, 0.29) is 12.5 Å². The molecule has 6 nitrogen and oxygen atoms in total. The van der Waals surface area contributed by atoms with E-state index in [0.717, 1.165) is 18.9 Å². The van der Waals surface area contributed by atoms with E-state index in [2.05, 4.69) is 15.6 Å². The van der Waals surface area contributed by atoms with E-state index in [1.165, 1.54) is 23.9 Å². The molecule has 17 heavy (non-hydrogen) atoms. The summed E-state index contributed by atoms with van der Waals surface area (Å²) < 4.78 is 1.51. The van der Waals surface area contributed by atoms with Crippen molar-refractivity contribution in [3.8, 4) is 0 Å². The fourth-order valence-corrected chi connectivity index (χ4v) is 1.74. The van der Waals surface area contributed by atoms with Crippen molar-refractivity contribution in [1.82, 2.24) is 20.3 Å². The highest BCUT2D eigenvalue weighted by Crippen LogP contribution is 2.33. The van der Waals surface area contributed by atoms with Crippen LogP contribution in [0.1, 0.15) is 31.4 Å². The number of nitrogens with one attached hydrogen (secondary N) is 1. The SMILES string of the molecule is NCc1cn(CC(=O)NCCCC2CC2)nn1. The lowest BCUT2D eigenvalue weighted by Gasteiger charge is -2.04. The lowest BCUT2D eigenvalue weighted by molar-refractivity contribution is -0.121. The van der Waals surface area contributed by atoms with Gasteiger partial charge in [0.15, 0.2) is 0 Å². The predicted molar refractivity (Wildman–Crippen MR) is 62.9 cm³/mol. The third-order valence-electron chi connectivity index (χ3n) is 2.91. The molecule has 1 aliphatic rings. The maximum Gasteiger partial charge on any atom is 0.241 e. The van der Waals surface area contributed by atoms with Gasteiger partial charge >= 0.3 is 0 Å². The first-order chi connectivity index (χ1) is 8.28. The Morgan fingerprint density at radius 2 is 2.41 bits per heavy atom. The van der Waals surface area contributed by atoms with Gasteiger partial charge in [-0.25, -0.2) is 4.68 Å². The fraction of sp³-hybridized carbons (Fsp3) is 0.727. The smallest absolute Gasteiger partial charge is 0.241 e. The van der Waals surface area contributed by atoms with Crippen LogP contribution in [0.4, 0.5) is 0 Å². The molecule has 1 aliphatic carbocycles. The highest BCUT2D eigenvalue weighted by Gasteiger charge is 2.20. The minimum Gasteiger partial charge on any atom is -0.354 e. The van der Waals surface area contributed by atoms with Crippen molar-refractivity contribution in [2.45, 2.75) is 38.8 Å². The second kappa shape index (κ2) is 5.77. The molecule has 0 atom stereocenters. The number of rotatable bonds is 7. The van der Waals surface area contributed by atoms with Gasteiger partial charge in [-0.15, -0.1) is 5.10 Å². The van der Waals surface area contributed by atoms with Gasteiger partial charge in [-0.05, 0) is 18.8 Å². The van der Waals surface area contributed by atoms with E-state index in [0.29, 0.717) is 12.2 Å². The summed E-state index contributed by atoms with van der Waals surface area (Å²) in [6.07, 6.45) is 6.75. The minimum absolute atomic E-state index is 0.0192. The second-order valence-corrected chi connectivity index (χ2v) is 4.55. The summed E-state index contributed by atoms with van der Waals surface area (Å²) in [4.78, 5) is 11.5. The molecule has 1 aromatic heterocycles. The number of nitrogens with two attached hydrogens (primary N) is 1. The van der Waals surface area contributed by atoms with Crippen molar-refractivity contribution in [1.29, 1.82) is 0 Å². The molecule has 1 aromatic rings. The van der Waals surface area contributed by atoms with Crippen molar-refractivity contribution in [2.24, 2.45) is 11.7 Å². The summed E-state index contributed by atoms with van der Waals surface area (Å²) in [5.41, 5.74) is 6.11. The third kappa shape index (κ3) is 4.14. The summed E-state index contributed by atoms with van der Waals surface area (Å²) in [5.74, 6) is 0.906. The van der Waals surface area contributed by atoms with Gasteiger partial charge in [-0.1, -0.05) is 18.1 Å². The van der Waals surface area contributed by atoms with Crippen LogP contribution in [-0.2, 0) is 17.9 Å². The van der Waals surface area contributed by atoms with E-state index in [1.54, 1.807) is 6.20 Å². The van der Waals surface area contributed by atoms with Crippen LogP contribution < -0.4 is 11.1 Å². The normalized spacial score (nSPS) is 14.9. The van der Waals surface area contributed by atoms with Gasteiger partial charge < -0.3 is 11.1 Å². The molecule has 0 aromatic carbocycles. The topological polar surface area (TPSA) is 85.8 Å². The number of nitrogens with zero attached hydrogens (tertiary/aromatic N) is 3. The highest BCUT2D eigenvalue weighted by atomic mass is 16.2. The van der Waals surface area contributed by atoms with E-state index in [9.17, 15) is 4.79 Å². The van der Waals surface area contributed by atoms with E-state index in [4.69, 9.17) is 5.73 Å². The van der Waals surface area contributed by atoms with Crippen LogP contribution >= 0.6 is 0 Å². The first kappa shape index (κ1) is 12.0. The second-order valence-electron chi connectivity index (χ2n) is 4.55. The maximum absolute atomic E-state index is 11.5. The largest absolute Gasteiger partial charge is 0.354 e. The minimum atomic E-state index is -0.0192. The number of carbonyl (C=O) groups is 1. The zero-order chi connectivity index (χ0) is 12.1. The lowest BCUT2D eigenvalue weighted by Crippen LogP contribution is -2.28. The Balaban J connectivity index is 1.61. The zero-order valence-electron chi connectivity index (χ0n) is 9.93. The Morgan fingerprint density at radius 3 is 3.06 bits per heavy atom. The van der Waals surface area contributed by atoms with Gasteiger partial charge in [0.05, 0.1) is 11.9 Å². The molecule has 94 valence electrons. The number of aromatic nitrogens is 3. The molecule has 0 unspecified atom stereocenters. The Morgan fingerprint density at radius 1 is 1.59 bits per heavy atom. The van der Waals surface area contributed by atoms with Crippen molar-refractivity contribution < 1.29 is 4.79 Å². The van der Waals surface area contributed by atoms with Gasteiger partial charge in [0.25, 0.3) is 0 Å². The zero-order valence-corrected chi connectivity index (χ0v) is 9.93. The molecule has 2 rings (SSSR count). The molecule has 1 fully saturated rings. The predicted octanol–water partition coefficient (Wildman–Crippen LogP) is 0.0432. The van der Waals surface area contributed by atoms with Gasteiger partial charge in [-0.2, -0.15) is 0 Å². The van der Waals surface area contributed by atoms with Crippen LogP contribution in [0, 0.1) is 5.92 Å². The van der Waals surface area contributed by atoms with Crippen LogP contribution in [-0.4, -0.2) is 27.4 Å².